The second kappa shape index (κ2) is 11.2. The molecule has 1 aromatic rings. The van der Waals surface area contributed by atoms with Crippen LogP contribution in [0.5, 0.6) is 5.75 Å². The normalized spacial score (nSPS) is 18.3. The van der Waals surface area contributed by atoms with Crippen molar-refractivity contribution >= 4 is 50.4 Å². The van der Waals surface area contributed by atoms with Gasteiger partial charge in [-0.05, 0) is 71.7 Å². The Balaban J connectivity index is 0.00000274. The summed E-state index contributed by atoms with van der Waals surface area (Å²) < 4.78 is 5.30. The number of benzene rings is 1. The summed E-state index contributed by atoms with van der Waals surface area (Å²) in [7, 11) is 7.60. The molecule has 3 aliphatic heterocycles. The lowest BCUT2D eigenvalue weighted by Gasteiger charge is -2.41. The molecule has 5 nitrogen and oxygen atoms in total. The second-order valence-electron chi connectivity index (χ2n) is 8.61. The van der Waals surface area contributed by atoms with Crippen molar-refractivity contribution < 1.29 is 4.74 Å². The number of aromatic nitrogens is 1. The van der Waals surface area contributed by atoms with Crippen LogP contribution in [0.1, 0.15) is 25.3 Å². The molecule has 1 aromatic carbocycles. The molecule has 4 aliphatic rings. The lowest BCUT2D eigenvalue weighted by Crippen LogP contribution is -2.51. The third-order valence-corrected chi connectivity index (χ3v) is 9.17. The molecule has 0 spiro atoms. The first-order valence-corrected chi connectivity index (χ1v) is 13.7. The fourth-order valence-electron chi connectivity index (χ4n) is 4.63. The van der Waals surface area contributed by atoms with E-state index in [4.69, 9.17) is 14.7 Å². The van der Waals surface area contributed by atoms with Crippen LogP contribution in [0.15, 0.2) is 58.5 Å². The Morgan fingerprint density at radius 1 is 1.09 bits per heavy atom. The Morgan fingerprint density at radius 2 is 1.91 bits per heavy atom. The van der Waals surface area contributed by atoms with E-state index < -0.39 is 0 Å². The van der Waals surface area contributed by atoms with Crippen molar-refractivity contribution in [1.82, 2.24) is 9.88 Å². The summed E-state index contributed by atoms with van der Waals surface area (Å²) in [5, 5.41) is 1.19. The van der Waals surface area contributed by atoms with Gasteiger partial charge >= 0.3 is 0 Å². The predicted octanol–water partition coefficient (Wildman–Crippen LogP) is 6.56. The van der Waals surface area contributed by atoms with Crippen molar-refractivity contribution in [3.05, 3.63) is 54.2 Å². The first-order chi connectivity index (χ1) is 16.2. The maximum absolute atomic E-state index is 5.30. The van der Waals surface area contributed by atoms with Crippen LogP contribution >= 0.6 is 34.0 Å². The fourth-order valence-corrected chi connectivity index (χ4v) is 7.04. The van der Waals surface area contributed by atoms with Gasteiger partial charge in [-0.25, -0.2) is 4.99 Å². The zero-order valence-corrected chi connectivity index (χ0v) is 22.3. The number of hydrogen-bond donors (Lipinski definition) is 0. The summed E-state index contributed by atoms with van der Waals surface area (Å²) in [6, 6.07) is 15.3. The van der Waals surface area contributed by atoms with Gasteiger partial charge in [-0.2, -0.15) is 0 Å². The minimum absolute atomic E-state index is 0. The van der Waals surface area contributed by atoms with E-state index in [1.54, 1.807) is 17.9 Å². The Morgan fingerprint density at radius 3 is 2.68 bits per heavy atom. The molecule has 8 heteroatoms. The van der Waals surface area contributed by atoms with Crippen molar-refractivity contribution in [3.63, 3.8) is 0 Å². The van der Waals surface area contributed by atoms with Gasteiger partial charge in [-0.15, -0.1) is 12.4 Å². The molecule has 3 heterocycles. The number of rotatable bonds is 6. The maximum Gasteiger partial charge on any atom is 0.118 e. The second-order valence-corrected chi connectivity index (χ2v) is 10.8. The molecule has 1 atom stereocenters. The summed E-state index contributed by atoms with van der Waals surface area (Å²) in [5.74, 6) is 0.913. The van der Waals surface area contributed by atoms with E-state index in [1.807, 2.05) is 23.1 Å². The van der Waals surface area contributed by atoms with Gasteiger partial charge in [-0.1, -0.05) is 31.2 Å². The van der Waals surface area contributed by atoms with Crippen molar-refractivity contribution in [3.8, 4) is 17.0 Å². The lowest BCUT2D eigenvalue weighted by atomic mass is 10.0. The highest BCUT2D eigenvalue weighted by atomic mass is 35.5. The van der Waals surface area contributed by atoms with E-state index in [0.29, 0.717) is 6.04 Å². The molecule has 34 heavy (non-hydrogen) atoms. The molecule has 5 rings (SSSR count). The molecule has 0 N–H and O–H groups in total. The van der Waals surface area contributed by atoms with Crippen LogP contribution < -0.4 is 9.64 Å². The highest BCUT2D eigenvalue weighted by Gasteiger charge is 2.34. The highest BCUT2D eigenvalue weighted by molar-refractivity contribution is 8.82. The minimum Gasteiger partial charge on any atom is -0.497 e. The highest BCUT2D eigenvalue weighted by Crippen LogP contribution is 2.57. The SMILES string of the molecule is CCC1=Nc2c(c3ccccnc-3c2N2CCN(C)C(CCc3ccc(OC)cc3)C2)SS1.Cl. The van der Waals surface area contributed by atoms with Gasteiger partial charge in [-0.3, -0.25) is 9.88 Å². The van der Waals surface area contributed by atoms with Crippen LogP contribution in [-0.2, 0) is 6.42 Å². The maximum atomic E-state index is 5.30. The molecule has 1 unspecified atom stereocenters. The van der Waals surface area contributed by atoms with Crippen molar-refractivity contribution in [1.29, 1.82) is 0 Å². The number of ether oxygens (including phenoxy) is 1. The Labute approximate surface area is 216 Å². The molecule has 0 radical (unpaired) electrons. The number of piperazine rings is 1. The van der Waals surface area contributed by atoms with E-state index in [1.165, 1.54) is 26.8 Å². The fraction of sp³-hybridized carbons (Fsp3) is 0.385. The van der Waals surface area contributed by atoms with Crippen LogP contribution in [0.4, 0.5) is 11.4 Å². The number of halogens is 1. The lowest BCUT2D eigenvalue weighted by molar-refractivity contribution is 0.208. The molecule has 1 aliphatic carbocycles. The van der Waals surface area contributed by atoms with E-state index in [0.717, 1.165) is 56.0 Å². The average molecular weight is 515 g/mol. The molecular weight excluding hydrogens is 484 g/mol. The standard InChI is InChI=1S/C26H30N4OS2.ClH/c1-4-22-28-24-25(23-21(26(24)33-32-22)7-5-6-14-27-23)30-16-15-29(2)19(17-30)11-8-18-9-12-20(31-3)13-10-18;/h5-7,9-10,12-14,19H,4,8,11,15-17H2,1-3H3;1H. The predicted molar refractivity (Wildman–Crippen MR) is 149 cm³/mol. The third-order valence-electron chi connectivity index (χ3n) is 6.61. The summed E-state index contributed by atoms with van der Waals surface area (Å²) in [4.78, 5) is 16.3. The Kier molecular flexibility index (Phi) is 8.30. The van der Waals surface area contributed by atoms with E-state index in [2.05, 4.69) is 60.2 Å². The number of likely N-dealkylation sites (N-methyl/N-ethyl adjacent to an activating group) is 1. The van der Waals surface area contributed by atoms with Gasteiger partial charge in [0, 0.05) is 37.4 Å². The van der Waals surface area contributed by atoms with Gasteiger partial charge in [0.15, 0.2) is 0 Å². The quantitative estimate of drug-likeness (QED) is 0.347. The summed E-state index contributed by atoms with van der Waals surface area (Å²) in [6.45, 7) is 5.21. The number of nitrogens with zero attached hydrogens (tertiary/aromatic N) is 4. The van der Waals surface area contributed by atoms with E-state index in [9.17, 15) is 0 Å². The first kappa shape index (κ1) is 25.2. The van der Waals surface area contributed by atoms with Crippen LogP contribution in [0.25, 0.3) is 11.3 Å². The number of anilines is 1. The van der Waals surface area contributed by atoms with Crippen LogP contribution in [0, 0.1) is 0 Å². The molecule has 0 aromatic heterocycles. The molecule has 0 bridgehead atoms. The largest absolute Gasteiger partial charge is 0.497 e. The molecule has 1 saturated heterocycles. The summed E-state index contributed by atoms with van der Waals surface area (Å²) >= 11 is 0. The van der Waals surface area contributed by atoms with Gasteiger partial charge in [0.2, 0.25) is 0 Å². The first-order valence-electron chi connectivity index (χ1n) is 11.6. The van der Waals surface area contributed by atoms with Crippen molar-refractivity contribution in [2.75, 3.05) is 38.7 Å². The number of methoxy groups -OCH3 is 1. The summed E-state index contributed by atoms with van der Waals surface area (Å²) in [6.07, 6.45) is 5.06. The smallest absolute Gasteiger partial charge is 0.118 e. The zero-order valence-electron chi connectivity index (χ0n) is 19.9. The number of hydrogen-bond acceptors (Lipinski definition) is 7. The molecule has 1 fully saturated rings. The third kappa shape index (κ3) is 5.03. The molecular formula is C26H31ClN4OS2. The molecule has 0 amide bonds. The topological polar surface area (TPSA) is 41.0 Å². The number of fused-ring (bicyclic) bond motifs is 3. The summed E-state index contributed by atoms with van der Waals surface area (Å²) in [5.41, 5.74) is 6.00. The van der Waals surface area contributed by atoms with Gasteiger partial charge in [0.1, 0.15) is 11.4 Å². The van der Waals surface area contributed by atoms with Gasteiger partial charge in [0.05, 0.1) is 28.4 Å². The van der Waals surface area contributed by atoms with Crippen molar-refractivity contribution in [2.24, 2.45) is 4.99 Å². The van der Waals surface area contributed by atoms with Crippen molar-refractivity contribution in [2.45, 2.75) is 37.1 Å². The van der Waals surface area contributed by atoms with Gasteiger partial charge in [0.25, 0.3) is 0 Å². The number of aliphatic imine (C=N–C) groups is 1. The van der Waals surface area contributed by atoms with Crippen LogP contribution in [0.2, 0.25) is 0 Å². The monoisotopic (exact) mass is 514 g/mol. The molecule has 0 saturated carbocycles. The van der Waals surface area contributed by atoms with E-state index >= 15 is 0 Å². The Hall–Kier alpha value is -1.93. The van der Waals surface area contributed by atoms with E-state index in [-0.39, 0.29) is 12.4 Å². The van der Waals surface area contributed by atoms with Gasteiger partial charge < -0.3 is 9.64 Å². The minimum atomic E-state index is 0. The zero-order chi connectivity index (χ0) is 22.8. The molecule has 180 valence electrons. The van der Waals surface area contributed by atoms with Crippen LogP contribution in [0.3, 0.4) is 0 Å². The van der Waals surface area contributed by atoms with Crippen LogP contribution in [-0.4, -0.2) is 54.8 Å². The average Bonchev–Trinajstić information content (AvgIpc) is 2.98. The number of aryl methyl sites for hydroxylation is 1. The Bertz CT molecular complexity index is 1120.